The van der Waals surface area contributed by atoms with Crippen LogP contribution >= 0.6 is 0 Å². The number of hydrogen-bond donors (Lipinski definition) is 2. The fraction of sp³-hybridized carbons (Fsp3) is 0.600. The van der Waals surface area contributed by atoms with Crippen molar-refractivity contribution in [2.45, 2.75) is 19.9 Å². The van der Waals surface area contributed by atoms with Crippen molar-refractivity contribution in [3.05, 3.63) is 12.1 Å². The van der Waals surface area contributed by atoms with E-state index in [1.807, 2.05) is 13.8 Å². The van der Waals surface area contributed by atoms with Crippen LogP contribution in [0.3, 0.4) is 0 Å². The molecule has 0 saturated carbocycles. The Balaban J connectivity index is 2.26. The van der Waals surface area contributed by atoms with Gasteiger partial charge in [0.15, 0.2) is 0 Å². The lowest BCUT2D eigenvalue weighted by molar-refractivity contribution is 0.0869. The van der Waals surface area contributed by atoms with Crippen molar-refractivity contribution >= 4 is 0 Å². The van der Waals surface area contributed by atoms with E-state index < -0.39 is 0 Å². The smallest absolute Gasteiger partial charge is 0.234 e. The summed E-state index contributed by atoms with van der Waals surface area (Å²) in [6.45, 7) is 4.06. The molecule has 0 atom stereocenters. The normalized spacial score (nSPS) is 16.6. The molecule has 0 aromatic rings. The van der Waals surface area contributed by atoms with Gasteiger partial charge in [0.05, 0.1) is 11.8 Å². The van der Waals surface area contributed by atoms with Crippen LogP contribution in [-0.4, -0.2) is 6.04 Å². The molecule has 0 bridgehead atoms. The zero-order valence-electron chi connectivity index (χ0n) is 5.51. The highest BCUT2D eigenvalue weighted by atomic mass is 16.7. The van der Waals surface area contributed by atoms with Gasteiger partial charge in [-0.05, 0) is 13.8 Å². The van der Waals surface area contributed by atoms with E-state index in [0.717, 1.165) is 0 Å². The first-order chi connectivity index (χ1) is 4.29. The lowest BCUT2D eigenvalue weighted by atomic mass is 10.4. The van der Waals surface area contributed by atoms with Crippen molar-refractivity contribution in [2.75, 3.05) is 0 Å². The maximum absolute atomic E-state index is 4.73. The zero-order chi connectivity index (χ0) is 6.69. The molecule has 4 nitrogen and oxygen atoms in total. The van der Waals surface area contributed by atoms with Crippen molar-refractivity contribution in [2.24, 2.45) is 0 Å². The van der Waals surface area contributed by atoms with E-state index >= 15 is 0 Å². The van der Waals surface area contributed by atoms with Crippen LogP contribution in [-0.2, 0) is 4.84 Å². The van der Waals surface area contributed by atoms with Gasteiger partial charge < -0.3 is 10.2 Å². The molecule has 1 aliphatic heterocycles. The highest BCUT2D eigenvalue weighted by molar-refractivity contribution is 4.91. The molecule has 0 aromatic carbocycles. The minimum absolute atomic E-state index is 0.381. The molecule has 9 heavy (non-hydrogen) atoms. The van der Waals surface area contributed by atoms with Crippen molar-refractivity contribution in [1.29, 1.82) is 0 Å². The molecule has 0 fully saturated rings. The highest BCUT2D eigenvalue weighted by Crippen LogP contribution is 1.94. The molecule has 1 aliphatic rings. The fourth-order valence-electron chi connectivity index (χ4n) is 0.539. The summed E-state index contributed by atoms with van der Waals surface area (Å²) in [4.78, 5) is 4.73. The summed E-state index contributed by atoms with van der Waals surface area (Å²) in [5.41, 5.74) is 5.97. The fourth-order valence-corrected chi connectivity index (χ4v) is 0.539. The van der Waals surface area contributed by atoms with Gasteiger partial charge in [-0.3, -0.25) is 5.43 Å². The molecule has 0 amide bonds. The van der Waals surface area contributed by atoms with Crippen molar-refractivity contribution in [1.82, 2.24) is 16.3 Å². The lowest BCUT2D eigenvalue weighted by Crippen LogP contribution is -2.22. The molecular formula is C5H10N3O. The quantitative estimate of drug-likeness (QED) is 0.543. The van der Waals surface area contributed by atoms with Crippen LogP contribution in [0.15, 0.2) is 12.1 Å². The predicted molar refractivity (Wildman–Crippen MR) is 32.7 cm³/mol. The maximum Gasteiger partial charge on any atom is 0.234 e. The average Bonchev–Trinajstić information content (AvgIpc) is 2.15. The van der Waals surface area contributed by atoms with Gasteiger partial charge in [0.25, 0.3) is 0 Å². The number of hydrogen-bond acceptors (Lipinski definition) is 3. The van der Waals surface area contributed by atoms with Gasteiger partial charge in [-0.25, -0.2) is 0 Å². The standard InChI is InChI=1S/C5H10N3O/c1-4(2)7-5-3-6-8-9-5/h3-4,6-7H,1-2H3. The zero-order valence-corrected chi connectivity index (χ0v) is 5.51. The summed E-state index contributed by atoms with van der Waals surface area (Å²) >= 11 is 0. The van der Waals surface area contributed by atoms with Gasteiger partial charge in [0, 0.05) is 6.04 Å². The van der Waals surface area contributed by atoms with Crippen molar-refractivity contribution in [3.8, 4) is 0 Å². The van der Waals surface area contributed by atoms with Crippen LogP contribution in [0.5, 0.6) is 0 Å². The van der Waals surface area contributed by atoms with Gasteiger partial charge in [-0.15, -0.1) is 0 Å². The minimum Gasteiger partial charge on any atom is -0.351 e. The molecule has 1 rings (SSSR count). The highest BCUT2D eigenvalue weighted by Gasteiger charge is 2.05. The Morgan fingerprint density at radius 1 is 1.78 bits per heavy atom. The molecule has 0 saturated heterocycles. The van der Waals surface area contributed by atoms with Crippen molar-refractivity contribution in [3.63, 3.8) is 0 Å². The molecule has 0 aliphatic carbocycles. The molecule has 2 N–H and O–H groups in total. The second-order valence-corrected chi connectivity index (χ2v) is 2.12. The van der Waals surface area contributed by atoms with Gasteiger partial charge in [0.1, 0.15) is 0 Å². The summed E-state index contributed by atoms with van der Waals surface area (Å²) in [6.07, 6.45) is 1.67. The van der Waals surface area contributed by atoms with Crippen molar-refractivity contribution < 1.29 is 4.84 Å². The number of nitrogens with one attached hydrogen (secondary N) is 2. The Morgan fingerprint density at radius 3 is 3.00 bits per heavy atom. The molecule has 0 unspecified atom stereocenters. The van der Waals surface area contributed by atoms with Crippen LogP contribution in [0, 0.1) is 0 Å². The van der Waals surface area contributed by atoms with Gasteiger partial charge in [-0.2, -0.15) is 0 Å². The third-order valence-electron chi connectivity index (χ3n) is 0.823. The Hall–Kier alpha value is -0.900. The second kappa shape index (κ2) is 2.59. The lowest BCUT2D eigenvalue weighted by Gasteiger charge is -2.06. The van der Waals surface area contributed by atoms with Crippen LogP contribution in [0.1, 0.15) is 13.8 Å². The molecule has 4 heteroatoms. The summed E-state index contributed by atoms with van der Waals surface area (Å²) in [5, 5.41) is 3.02. The van der Waals surface area contributed by atoms with Gasteiger partial charge >= 0.3 is 0 Å². The Kier molecular flexibility index (Phi) is 1.79. The molecule has 0 aromatic heterocycles. The topological polar surface area (TPSA) is 47.4 Å². The number of rotatable bonds is 2. The summed E-state index contributed by atoms with van der Waals surface area (Å²) in [7, 11) is 0. The molecule has 1 radical (unpaired) electrons. The van der Waals surface area contributed by atoms with Crippen LogP contribution in [0.2, 0.25) is 0 Å². The van der Waals surface area contributed by atoms with E-state index in [-0.39, 0.29) is 0 Å². The monoisotopic (exact) mass is 128 g/mol. The summed E-state index contributed by atoms with van der Waals surface area (Å²) in [5.74, 6) is 0.671. The molecule has 0 spiro atoms. The Bertz CT molecular complexity index is 121. The first kappa shape index (κ1) is 6.22. The van der Waals surface area contributed by atoms with Crippen LogP contribution in [0.25, 0.3) is 0 Å². The van der Waals surface area contributed by atoms with E-state index in [9.17, 15) is 0 Å². The summed E-state index contributed by atoms with van der Waals surface area (Å²) in [6, 6.07) is 0.381. The molecular weight excluding hydrogens is 118 g/mol. The average molecular weight is 128 g/mol. The van der Waals surface area contributed by atoms with Gasteiger partial charge in [0.2, 0.25) is 5.88 Å². The first-order valence-corrected chi connectivity index (χ1v) is 2.88. The Morgan fingerprint density at radius 2 is 2.56 bits per heavy atom. The number of nitrogens with zero attached hydrogens (tertiary/aromatic N) is 1. The van der Waals surface area contributed by atoms with E-state index in [4.69, 9.17) is 4.84 Å². The van der Waals surface area contributed by atoms with Crippen LogP contribution in [0.4, 0.5) is 0 Å². The van der Waals surface area contributed by atoms with Crippen LogP contribution < -0.4 is 16.3 Å². The maximum atomic E-state index is 4.73. The van der Waals surface area contributed by atoms with E-state index in [2.05, 4.69) is 16.3 Å². The SMILES string of the molecule is CC(C)NC1=CN[N]O1. The summed E-state index contributed by atoms with van der Waals surface area (Å²) < 4.78 is 0. The Labute approximate surface area is 54.2 Å². The minimum atomic E-state index is 0.381. The third-order valence-corrected chi connectivity index (χ3v) is 0.823. The van der Waals surface area contributed by atoms with E-state index in [0.29, 0.717) is 11.9 Å². The second-order valence-electron chi connectivity index (χ2n) is 2.12. The predicted octanol–water partition coefficient (Wildman–Crippen LogP) is -0.162. The van der Waals surface area contributed by atoms with Gasteiger partial charge in [-0.1, -0.05) is 0 Å². The largest absolute Gasteiger partial charge is 0.351 e. The molecule has 51 valence electrons. The van der Waals surface area contributed by atoms with E-state index in [1.54, 1.807) is 6.20 Å². The third kappa shape index (κ3) is 1.81. The molecule has 1 heterocycles. The first-order valence-electron chi connectivity index (χ1n) is 2.88. The van der Waals surface area contributed by atoms with E-state index in [1.165, 1.54) is 0 Å².